The molecule has 4 rings (SSSR count). The number of anilines is 1. The standard InChI is InChI=1S/C28H30BrN5O4/c29-21-13-14-23(22(16-21)26(31-17-25(35)33-30)20-10-5-2-6-11-20)32-27(36)24-12-7-15-34(24)28(37)38-18-19-8-3-1-4-9-19/h1-6,8-11,13-14,16,24,26,31H,7,12,15,17-18,30H2,(H,32,36)(H,33,35)/t24-,26+/m1/s1. The summed E-state index contributed by atoms with van der Waals surface area (Å²) >= 11 is 3.52. The highest BCUT2D eigenvalue weighted by atomic mass is 79.9. The van der Waals surface area contributed by atoms with Gasteiger partial charge < -0.3 is 10.1 Å². The van der Waals surface area contributed by atoms with Gasteiger partial charge >= 0.3 is 6.09 Å². The van der Waals surface area contributed by atoms with Crippen LogP contribution < -0.4 is 21.9 Å². The zero-order valence-corrected chi connectivity index (χ0v) is 22.3. The average Bonchev–Trinajstić information content (AvgIpc) is 3.44. The van der Waals surface area contributed by atoms with E-state index in [9.17, 15) is 14.4 Å². The average molecular weight is 580 g/mol. The second-order valence-corrected chi connectivity index (χ2v) is 9.82. The number of hydrogen-bond acceptors (Lipinski definition) is 6. The Labute approximate surface area is 229 Å². The first-order chi connectivity index (χ1) is 18.5. The number of nitrogens with zero attached hydrogens (tertiary/aromatic N) is 1. The van der Waals surface area contributed by atoms with Crippen molar-refractivity contribution < 1.29 is 19.1 Å². The van der Waals surface area contributed by atoms with Crippen molar-refractivity contribution >= 4 is 39.5 Å². The molecule has 198 valence electrons. The van der Waals surface area contributed by atoms with Crippen LogP contribution in [-0.2, 0) is 20.9 Å². The molecule has 1 fully saturated rings. The number of rotatable bonds is 9. The summed E-state index contributed by atoms with van der Waals surface area (Å²) in [4.78, 5) is 39.6. The Morgan fingerprint density at radius 3 is 2.45 bits per heavy atom. The predicted octanol–water partition coefficient (Wildman–Crippen LogP) is 3.86. The maximum absolute atomic E-state index is 13.4. The summed E-state index contributed by atoms with van der Waals surface area (Å²) in [7, 11) is 0. The number of halogens is 1. The van der Waals surface area contributed by atoms with E-state index in [4.69, 9.17) is 10.6 Å². The third kappa shape index (κ3) is 6.97. The van der Waals surface area contributed by atoms with Gasteiger partial charge in [-0.3, -0.25) is 25.2 Å². The van der Waals surface area contributed by atoms with Gasteiger partial charge in [-0.25, -0.2) is 10.6 Å². The Morgan fingerprint density at radius 2 is 1.74 bits per heavy atom. The second-order valence-electron chi connectivity index (χ2n) is 8.90. The zero-order valence-electron chi connectivity index (χ0n) is 20.7. The van der Waals surface area contributed by atoms with Crippen LogP contribution in [0.15, 0.2) is 83.3 Å². The zero-order chi connectivity index (χ0) is 26.9. The van der Waals surface area contributed by atoms with E-state index in [-0.39, 0.29) is 25.0 Å². The molecule has 1 aliphatic rings. The molecule has 0 aromatic heterocycles. The minimum absolute atomic E-state index is 0.0282. The molecule has 0 unspecified atom stereocenters. The minimum Gasteiger partial charge on any atom is -0.445 e. The fourth-order valence-corrected chi connectivity index (χ4v) is 4.84. The van der Waals surface area contributed by atoms with Crippen LogP contribution in [0.2, 0.25) is 0 Å². The van der Waals surface area contributed by atoms with Crippen molar-refractivity contribution in [3.63, 3.8) is 0 Å². The molecule has 3 amide bonds. The number of amides is 3. The quantitative estimate of drug-likeness (QED) is 0.173. The van der Waals surface area contributed by atoms with E-state index in [1.165, 1.54) is 4.90 Å². The van der Waals surface area contributed by atoms with Crippen LogP contribution in [0.1, 0.15) is 35.6 Å². The summed E-state index contributed by atoms with van der Waals surface area (Å²) in [5, 5.41) is 6.24. The molecule has 2 atom stereocenters. The number of likely N-dealkylation sites (tertiary alicyclic amines) is 1. The lowest BCUT2D eigenvalue weighted by Gasteiger charge is -2.26. The summed E-state index contributed by atoms with van der Waals surface area (Å²) in [5.41, 5.74) is 5.22. The van der Waals surface area contributed by atoms with Gasteiger partial charge in [0.25, 0.3) is 0 Å². The lowest BCUT2D eigenvalue weighted by Crippen LogP contribution is -2.43. The SMILES string of the molecule is NNC(=O)CN[C@@H](c1ccccc1)c1cc(Br)ccc1NC(=O)[C@H]1CCCN1C(=O)OCc1ccccc1. The monoisotopic (exact) mass is 579 g/mol. The number of benzene rings is 3. The van der Waals surface area contributed by atoms with Crippen molar-refractivity contribution in [1.82, 2.24) is 15.6 Å². The molecule has 3 aromatic carbocycles. The van der Waals surface area contributed by atoms with E-state index >= 15 is 0 Å². The van der Waals surface area contributed by atoms with Crippen molar-refractivity contribution in [2.75, 3.05) is 18.4 Å². The Bertz CT molecular complexity index is 1260. The third-order valence-corrected chi connectivity index (χ3v) is 6.83. The minimum atomic E-state index is -0.652. The van der Waals surface area contributed by atoms with Gasteiger partial charge in [-0.15, -0.1) is 0 Å². The molecule has 38 heavy (non-hydrogen) atoms. The smallest absolute Gasteiger partial charge is 0.410 e. The molecule has 9 nitrogen and oxygen atoms in total. The van der Waals surface area contributed by atoms with Gasteiger partial charge in [0.2, 0.25) is 11.8 Å². The van der Waals surface area contributed by atoms with Gasteiger partial charge in [0, 0.05) is 16.7 Å². The molecule has 10 heteroatoms. The summed E-state index contributed by atoms with van der Waals surface area (Å²) in [6.07, 6.45) is 0.725. The van der Waals surface area contributed by atoms with Crippen LogP contribution in [0.3, 0.4) is 0 Å². The molecule has 0 aliphatic carbocycles. The van der Waals surface area contributed by atoms with E-state index in [0.29, 0.717) is 25.1 Å². The number of nitrogens with one attached hydrogen (secondary N) is 3. The first kappa shape index (κ1) is 27.3. The van der Waals surface area contributed by atoms with Crippen molar-refractivity contribution in [3.05, 3.63) is 100 Å². The van der Waals surface area contributed by atoms with Crippen molar-refractivity contribution in [3.8, 4) is 0 Å². The largest absolute Gasteiger partial charge is 0.445 e. The van der Waals surface area contributed by atoms with E-state index in [0.717, 1.165) is 21.2 Å². The maximum atomic E-state index is 13.4. The van der Waals surface area contributed by atoms with Crippen LogP contribution in [0.5, 0.6) is 0 Å². The molecule has 1 heterocycles. The highest BCUT2D eigenvalue weighted by Gasteiger charge is 2.35. The van der Waals surface area contributed by atoms with Gasteiger partial charge in [0.15, 0.2) is 0 Å². The van der Waals surface area contributed by atoms with Crippen LogP contribution >= 0.6 is 15.9 Å². The van der Waals surface area contributed by atoms with Crippen LogP contribution in [0.25, 0.3) is 0 Å². The van der Waals surface area contributed by atoms with Gasteiger partial charge in [-0.2, -0.15) is 0 Å². The van der Waals surface area contributed by atoms with Crippen LogP contribution in [-0.4, -0.2) is 41.9 Å². The topological polar surface area (TPSA) is 126 Å². The number of hydrogen-bond donors (Lipinski definition) is 4. The highest BCUT2D eigenvalue weighted by molar-refractivity contribution is 9.10. The molecular weight excluding hydrogens is 550 g/mol. The third-order valence-electron chi connectivity index (χ3n) is 6.34. The predicted molar refractivity (Wildman–Crippen MR) is 148 cm³/mol. The summed E-state index contributed by atoms with van der Waals surface area (Å²) in [5.74, 6) is 4.60. The summed E-state index contributed by atoms with van der Waals surface area (Å²) < 4.78 is 6.29. The maximum Gasteiger partial charge on any atom is 0.410 e. The number of ether oxygens (including phenoxy) is 1. The fourth-order valence-electron chi connectivity index (χ4n) is 4.46. The second kappa shape index (κ2) is 13.2. The van der Waals surface area contributed by atoms with Gasteiger partial charge in [-0.05, 0) is 47.7 Å². The van der Waals surface area contributed by atoms with Gasteiger partial charge in [0.1, 0.15) is 12.6 Å². The molecular formula is C28H30BrN5O4. The lowest BCUT2D eigenvalue weighted by molar-refractivity contribution is -0.121. The van der Waals surface area contributed by atoms with Crippen molar-refractivity contribution in [2.45, 2.75) is 31.5 Å². The molecule has 0 saturated carbocycles. The first-order valence-corrected chi connectivity index (χ1v) is 13.1. The van der Waals surface area contributed by atoms with Crippen LogP contribution in [0.4, 0.5) is 10.5 Å². The molecule has 3 aromatic rings. The number of carbonyl (C=O) groups is 3. The molecule has 0 radical (unpaired) electrons. The fraction of sp³-hybridized carbons (Fsp3) is 0.250. The number of carbonyl (C=O) groups excluding carboxylic acids is 3. The Morgan fingerprint density at radius 1 is 1.03 bits per heavy atom. The van der Waals surface area contributed by atoms with E-state index in [1.54, 1.807) is 6.07 Å². The number of nitrogens with two attached hydrogens (primary N) is 1. The summed E-state index contributed by atoms with van der Waals surface area (Å²) in [6.45, 7) is 0.559. The molecule has 0 bridgehead atoms. The molecule has 1 saturated heterocycles. The normalized spacial score (nSPS) is 15.5. The van der Waals surface area contributed by atoms with Gasteiger partial charge in [0.05, 0.1) is 12.6 Å². The molecule has 0 spiro atoms. The van der Waals surface area contributed by atoms with Crippen LogP contribution in [0, 0.1) is 0 Å². The molecule has 5 N–H and O–H groups in total. The Kier molecular flexibility index (Phi) is 9.47. The van der Waals surface area contributed by atoms with E-state index < -0.39 is 18.2 Å². The Balaban J connectivity index is 1.52. The highest BCUT2D eigenvalue weighted by Crippen LogP contribution is 2.32. The number of hydrazine groups is 1. The lowest BCUT2D eigenvalue weighted by atomic mass is 9.96. The van der Waals surface area contributed by atoms with E-state index in [1.807, 2.05) is 72.8 Å². The Hall–Kier alpha value is -3.73. The van der Waals surface area contributed by atoms with Crippen molar-refractivity contribution in [2.24, 2.45) is 5.84 Å². The van der Waals surface area contributed by atoms with Crippen molar-refractivity contribution in [1.29, 1.82) is 0 Å². The summed E-state index contributed by atoms with van der Waals surface area (Å²) in [6, 6.07) is 23.4. The first-order valence-electron chi connectivity index (χ1n) is 12.3. The van der Waals surface area contributed by atoms with Gasteiger partial charge in [-0.1, -0.05) is 76.6 Å². The van der Waals surface area contributed by atoms with E-state index in [2.05, 4.69) is 32.0 Å². The molecule has 1 aliphatic heterocycles.